The molecule has 0 spiro atoms. The molecule has 4 nitrogen and oxygen atoms in total. The van der Waals surface area contributed by atoms with Crippen molar-refractivity contribution in [3.8, 4) is 0 Å². The van der Waals surface area contributed by atoms with Crippen molar-refractivity contribution in [2.75, 3.05) is 0 Å². The van der Waals surface area contributed by atoms with Crippen molar-refractivity contribution in [1.29, 1.82) is 0 Å². The molecule has 5 heteroatoms. The minimum atomic E-state index is -0.0366. The van der Waals surface area contributed by atoms with Crippen LogP contribution in [-0.2, 0) is 7.05 Å². The van der Waals surface area contributed by atoms with Crippen LogP contribution in [0, 0.1) is 6.92 Å². The van der Waals surface area contributed by atoms with Gasteiger partial charge in [-0.15, -0.1) is 0 Å². The first-order valence-electron chi connectivity index (χ1n) is 3.43. The van der Waals surface area contributed by atoms with Gasteiger partial charge < -0.3 is 9.77 Å². The van der Waals surface area contributed by atoms with E-state index >= 15 is 0 Å². The number of thiazole rings is 1. The molecule has 1 aromatic rings. The second-order valence-electron chi connectivity index (χ2n) is 2.53. The zero-order valence-corrected chi connectivity index (χ0v) is 7.97. The van der Waals surface area contributed by atoms with Crippen LogP contribution in [0.15, 0.2) is 9.95 Å². The third kappa shape index (κ3) is 1.27. The molecule has 12 heavy (non-hydrogen) atoms. The van der Waals surface area contributed by atoms with Crippen molar-refractivity contribution < 1.29 is 5.21 Å². The second kappa shape index (κ2) is 3.10. The maximum Gasteiger partial charge on any atom is 0.307 e. The summed E-state index contributed by atoms with van der Waals surface area (Å²) in [4.78, 5) is 11.8. The Balaban J connectivity index is 3.37. The monoisotopic (exact) mass is 186 g/mol. The Morgan fingerprint density at radius 1 is 1.67 bits per heavy atom. The predicted molar refractivity (Wildman–Crippen MR) is 48.3 cm³/mol. The van der Waals surface area contributed by atoms with Gasteiger partial charge in [0.2, 0.25) is 0 Å². The first kappa shape index (κ1) is 8.99. The number of hydrogen-bond acceptors (Lipinski definition) is 4. The third-order valence-corrected chi connectivity index (χ3v) is 3.02. The van der Waals surface area contributed by atoms with Crippen molar-refractivity contribution in [2.45, 2.75) is 13.8 Å². The Bertz CT molecular complexity index is 375. The Kier molecular flexibility index (Phi) is 2.32. The van der Waals surface area contributed by atoms with E-state index in [-0.39, 0.29) is 4.87 Å². The Morgan fingerprint density at radius 3 is 2.58 bits per heavy atom. The summed E-state index contributed by atoms with van der Waals surface area (Å²) < 4.78 is 1.54. The van der Waals surface area contributed by atoms with Crippen molar-refractivity contribution in [3.63, 3.8) is 0 Å². The summed E-state index contributed by atoms with van der Waals surface area (Å²) in [6, 6.07) is 0. The van der Waals surface area contributed by atoms with Crippen LogP contribution in [-0.4, -0.2) is 15.5 Å². The summed E-state index contributed by atoms with van der Waals surface area (Å²) in [6.07, 6.45) is 0. The summed E-state index contributed by atoms with van der Waals surface area (Å²) in [5.41, 5.74) is 1.32. The molecule has 0 fully saturated rings. The van der Waals surface area contributed by atoms with Crippen molar-refractivity contribution in [2.24, 2.45) is 12.2 Å². The summed E-state index contributed by atoms with van der Waals surface area (Å²) in [7, 11) is 1.70. The molecule has 1 heterocycles. The van der Waals surface area contributed by atoms with E-state index in [4.69, 9.17) is 5.21 Å². The second-order valence-corrected chi connectivity index (χ2v) is 3.49. The maximum atomic E-state index is 11.1. The topological polar surface area (TPSA) is 54.6 Å². The third-order valence-electron chi connectivity index (χ3n) is 1.77. The normalized spacial score (nSPS) is 12.1. The molecule has 0 aliphatic heterocycles. The minimum Gasteiger partial charge on any atom is -0.411 e. The van der Waals surface area contributed by atoms with E-state index in [1.807, 2.05) is 6.92 Å². The molecule has 0 atom stereocenters. The Labute approximate surface area is 73.8 Å². The van der Waals surface area contributed by atoms with Crippen LogP contribution < -0.4 is 4.87 Å². The molecule has 0 radical (unpaired) electrons. The molecule has 1 rings (SSSR count). The van der Waals surface area contributed by atoms with Gasteiger partial charge in [-0.1, -0.05) is 16.5 Å². The number of nitrogens with zero attached hydrogens (tertiary/aromatic N) is 2. The summed E-state index contributed by atoms with van der Waals surface area (Å²) in [5.74, 6) is 0. The van der Waals surface area contributed by atoms with Crippen LogP contribution in [0.1, 0.15) is 17.5 Å². The first-order valence-corrected chi connectivity index (χ1v) is 4.25. The fourth-order valence-corrected chi connectivity index (χ4v) is 1.82. The predicted octanol–water partition coefficient (Wildman–Crippen LogP) is 0.953. The fourth-order valence-electron chi connectivity index (χ4n) is 0.900. The molecule has 0 aliphatic rings. The summed E-state index contributed by atoms with van der Waals surface area (Å²) in [6.45, 7) is 3.49. The smallest absolute Gasteiger partial charge is 0.307 e. The molecule has 0 amide bonds. The van der Waals surface area contributed by atoms with Crippen molar-refractivity contribution in [3.05, 3.63) is 20.2 Å². The fraction of sp³-hybridized carbons (Fsp3) is 0.429. The van der Waals surface area contributed by atoms with Gasteiger partial charge >= 0.3 is 4.87 Å². The zero-order chi connectivity index (χ0) is 9.30. The van der Waals surface area contributed by atoms with Gasteiger partial charge in [0.25, 0.3) is 0 Å². The van der Waals surface area contributed by atoms with E-state index in [0.717, 1.165) is 21.9 Å². The highest BCUT2D eigenvalue weighted by Gasteiger charge is 2.10. The zero-order valence-electron chi connectivity index (χ0n) is 7.16. The van der Waals surface area contributed by atoms with Crippen LogP contribution in [0.5, 0.6) is 0 Å². The molecule has 1 N–H and O–H groups in total. The largest absolute Gasteiger partial charge is 0.411 e. The van der Waals surface area contributed by atoms with Gasteiger partial charge in [-0.25, -0.2) is 0 Å². The lowest BCUT2D eigenvalue weighted by molar-refractivity contribution is 0.319. The van der Waals surface area contributed by atoms with Crippen LogP contribution in [0.2, 0.25) is 0 Å². The van der Waals surface area contributed by atoms with Gasteiger partial charge in [-0.3, -0.25) is 4.79 Å². The van der Waals surface area contributed by atoms with Gasteiger partial charge in [0.1, 0.15) is 0 Å². The average Bonchev–Trinajstić information content (AvgIpc) is 2.32. The van der Waals surface area contributed by atoms with Gasteiger partial charge in [0, 0.05) is 12.7 Å². The van der Waals surface area contributed by atoms with E-state index in [1.165, 1.54) is 4.57 Å². The molecule has 0 saturated carbocycles. The molecule has 0 aliphatic carbocycles. The van der Waals surface area contributed by atoms with Crippen molar-refractivity contribution >= 4 is 17.0 Å². The maximum absolute atomic E-state index is 11.1. The van der Waals surface area contributed by atoms with Crippen LogP contribution in [0.25, 0.3) is 0 Å². The summed E-state index contributed by atoms with van der Waals surface area (Å²) >= 11 is 1.09. The van der Waals surface area contributed by atoms with E-state index in [9.17, 15) is 4.79 Å². The SMILES string of the molecule is C/C(=N/O)c1sc(=O)n(C)c1C. The van der Waals surface area contributed by atoms with Crippen LogP contribution in [0.3, 0.4) is 0 Å². The molecule has 0 saturated heterocycles. The van der Waals surface area contributed by atoms with Crippen LogP contribution >= 0.6 is 11.3 Å². The Morgan fingerprint density at radius 2 is 2.25 bits per heavy atom. The average molecular weight is 186 g/mol. The number of aromatic nitrogens is 1. The van der Waals surface area contributed by atoms with Gasteiger partial charge in [-0.2, -0.15) is 0 Å². The van der Waals surface area contributed by atoms with Crippen molar-refractivity contribution in [1.82, 2.24) is 4.57 Å². The van der Waals surface area contributed by atoms with E-state index in [2.05, 4.69) is 5.16 Å². The number of oxime groups is 1. The summed E-state index contributed by atoms with van der Waals surface area (Å²) in [5, 5.41) is 11.5. The highest BCUT2D eigenvalue weighted by Crippen LogP contribution is 2.11. The molecule has 0 aromatic carbocycles. The highest BCUT2D eigenvalue weighted by atomic mass is 32.1. The lowest BCUT2D eigenvalue weighted by Gasteiger charge is -1.96. The minimum absolute atomic E-state index is 0.0366. The molecular formula is C7H10N2O2S. The van der Waals surface area contributed by atoms with Crippen LogP contribution in [0.4, 0.5) is 0 Å². The Hall–Kier alpha value is -1.10. The molecule has 0 unspecified atom stereocenters. The quantitative estimate of drug-likeness (QED) is 0.403. The number of rotatable bonds is 1. The van der Waals surface area contributed by atoms with E-state index < -0.39 is 0 Å². The lowest BCUT2D eigenvalue weighted by Crippen LogP contribution is -2.08. The van der Waals surface area contributed by atoms with Gasteiger partial charge in [-0.05, 0) is 13.8 Å². The lowest BCUT2D eigenvalue weighted by atomic mass is 10.3. The standard InChI is InChI=1S/C7H10N2O2S/c1-4(8-11)6-5(2)9(3)7(10)12-6/h11H,1-3H3/b8-4-. The van der Waals surface area contributed by atoms with Gasteiger partial charge in [0.05, 0.1) is 10.6 Å². The number of hydrogen-bond donors (Lipinski definition) is 1. The van der Waals surface area contributed by atoms with Gasteiger partial charge in [0.15, 0.2) is 0 Å². The molecular weight excluding hydrogens is 176 g/mol. The molecule has 0 bridgehead atoms. The highest BCUT2D eigenvalue weighted by molar-refractivity contribution is 7.11. The van der Waals surface area contributed by atoms with E-state index in [1.54, 1.807) is 14.0 Å². The molecule has 1 aromatic heterocycles. The van der Waals surface area contributed by atoms with E-state index in [0.29, 0.717) is 5.71 Å². The first-order chi connectivity index (χ1) is 5.57. The molecule has 66 valence electrons.